The Bertz CT molecular complexity index is 627. The van der Waals surface area contributed by atoms with E-state index >= 15 is 0 Å². The molecule has 23 heavy (non-hydrogen) atoms. The van der Waals surface area contributed by atoms with Crippen LogP contribution in [0.3, 0.4) is 0 Å². The highest BCUT2D eigenvalue weighted by Gasteiger charge is 2.27. The van der Waals surface area contributed by atoms with Gasteiger partial charge < -0.3 is 4.90 Å². The van der Waals surface area contributed by atoms with E-state index in [1.54, 1.807) is 4.90 Å². The molecular formula is C20H24N2O. The zero-order chi connectivity index (χ0) is 16.1. The van der Waals surface area contributed by atoms with Gasteiger partial charge in [0.05, 0.1) is 6.54 Å². The maximum Gasteiger partial charge on any atom is 0.240 e. The number of para-hydroxylation sites is 1. The Balaban J connectivity index is 1.61. The highest BCUT2D eigenvalue weighted by Crippen LogP contribution is 2.21. The molecule has 1 aliphatic heterocycles. The van der Waals surface area contributed by atoms with Crippen molar-refractivity contribution in [2.75, 3.05) is 25.0 Å². The third-order valence-electron chi connectivity index (χ3n) is 4.67. The van der Waals surface area contributed by atoms with Crippen molar-refractivity contribution in [3.05, 3.63) is 66.2 Å². The van der Waals surface area contributed by atoms with Crippen molar-refractivity contribution in [3.63, 3.8) is 0 Å². The van der Waals surface area contributed by atoms with Crippen LogP contribution in [0.4, 0.5) is 5.69 Å². The van der Waals surface area contributed by atoms with Gasteiger partial charge in [0.15, 0.2) is 0 Å². The number of rotatable bonds is 5. The molecule has 3 rings (SSSR count). The summed E-state index contributed by atoms with van der Waals surface area (Å²) in [6.45, 7) is 1.52. The molecule has 0 aliphatic carbocycles. The number of benzene rings is 2. The lowest BCUT2D eigenvalue weighted by Crippen LogP contribution is -2.41. The number of carbonyl (C=O) groups excluding carboxylic acids is 1. The molecule has 2 aromatic rings. The standard InChI is InChI=1S/C20H24N2O/c1-21(18-11-6-3-7-12-18)20(23)16-22-14-8-13-19(22)15-17-9-4-2-5-10-17/h2-7,9-12,19H,8,13-16H2,1H3/t19-/m1/s1. The summed E-state index contributed by atoms with van der Waals surface area (Å²) in [5, 5.41) is 0. The number of carbonyl (C=O) groups is 1. The monoisotopic (exact) mass is 308 g/mol. The van der Waals surface area contributed by atoms with Gasteiger partial charge in [-0.3, -0.25) is 9.69 Å². The van der Waals surface area contributed by atoms with Crippen molar-refractivity contribution in [3.8, 4) is 0 Å². The summed E-state index contributed by atoms with van der Waals surface area (Å²) < 4.78 is 0. The first-order chi connectivity index (χ1) is 11.2. The minimum absolute atomic E-state index is 0.163. The van der Waals surface area contributed by atoms with Crippen molar-refractivity contribution >= 4 is 11.6 Å². The molecule has 1 heterocycles. The second-order valence-corrected chi connectivity index (χ2v) is 6.24. The fourth-order valence-electron chi connectivity index (χ4n) is 3.30. The molecule has 1 saturated heterocycles. The summed E-state index contributed by atoms with van der Waals surface area (Å²) in [5.74, 6) is 0.163. The number of anilines is 1. The summed E-state index contributed by atoms with van der Waals surface area (Å²) in [5.41, 5.74) is 2.31. The van der Waals surface area contributed by atoms with Gasteiger partial charge in [-0.25, -0.2) is 0 Å². The highest BCUT2D eigenvalue weighted by atomic mass is 16.2. The maximum absolute atomic E-state index is 12.6. The van der Waals surface area contributed by atoms with E-state index in [1.807, 2.05) is 43.4 Å². The summed E-state index contributed by atoms with van der Waals surface area (Å²) in [4.78, 5) is 16.7. The SMILES string of the molecule is CN(C(=O)CN1CCC[C@@H]1Cc1ccccc1)c1ccccc1. The van der Waals surface area contributed by atoms with E-state index in [0.29, 0.717) is 12.6 Å². The molecule has 0 N–H and O–H groups in total. The van der Waals surface area contributed by atoms with E-state index in [9.17, 15) is 4.79 Å². The van der Waals surface area contributed by atoms with Crippen molar-refractivity contribution in [2.24, 2.45) is 0 Å². The largest absolute Gasteiger partial charge is 0.314 e. The van der Waals surface area contributed by atoms with E-state index in [2.05, 4.69) is 29.2 Å². The van der Waals surface area contributed by atoms with Crippen molar-refractivity contribution in [1.29, 1.82) is 0 Å². The molecule has 120 valence electrons. The molecule has 1 aliphatic rings. The average molecular weight is 308 g/mol. The lowest BCUT2D eigenvalue weighted by Gasteiger charge is -2.26. The van der Waals surface area contributed by atoms with Gasteiger partial charge in [-0.2, -0.15) is 0 Å². The maximum atomic E-state index is 12.6. The Hall–Kier alpha value is -2.13. The Labute approximate surface area is 138 Å². The lowest BCUT2D eigenvalue weighted by molar-refractivity contribution is -0.119. The Kier molecular flexibility index (Phi) is 5.09. The van der Waals surface area contributed by atoms with Gasteiger partial charge in [0.25, 0.3) is 0 Å². The Morgan fingerprint density at radius 2 is 1.74 bits per heavy atom. The van der Waals surface area contributed by atoms with Crippen LogP contribution in [0, 0.1) is 0 Å². The van der Waals surface area contributed by atoms with E-state index in [1.165, 1.54) is 18.4 Å². The molecule has 3 heteroatoms. The van der Waals surface area contributed by atoms with Gasteiger partial charge in [0, 0.05) is 18.8 Å². The number of likely N-dealkylation sites (tertiary alicyclic amines) is 1. The van der Waals surface area contributed by atoms with Gasteiger partial charge >= 0.3 is 0 Å². The van der Waals surface area contributed by atoms with Crippen LogP contribution in [0.2, 0.25) is 0 Å². The van der Waals surface area contributed by atoms with Gasteiger partial charge in [-0.15, -0.1) is 0 Å². The summed E-state index contributed by atoms with van der Waals surface area (Å²) >= 11 is 0. The fraction of sp³-hybridized carbons (Fsp3) is 0.350. The topological polar surface area (TPSA) is 23.6 Å². The second-order valence-electron chi connectivity index (χ2n) is 6.24. The number of hydrogen-bond donors (Lipinski definition) is 0. The fourth-order valence-corrected chi connectivity index (χ4v) is 3.30. The number of nitrogens with zero attached hydrogens (tertiary/aromatic N) is 2. The number of amides is 1. The number of likely N-dealkylation sites (N-methyl/N-ethyl adjacent to an activating group) is 1. The van der Waals surface area contributed by atoms with Crippen molar-refractivity contribution in [1.82, 2.24) is 4.90 Å². The molecule has 1 atom stereocenters. The Morgan fingerprint density at radius 3 is 2.43 bits per heavy atom. The van der Waals surface area contributed by atoms with E-state index in [4.69, 9.17) is 0 Å². The molecule has 0 aromatic heterocycles. The third-order valence-corrected chi connectivity index (χ3v) is 4.67. The first-order valence-electron chi connectivity index (χ1n) is 8.33. The highest BCUT2D eigenvalue weighted by molar-refractivity contribution is 5.94. The van der Waals surface area contributed by atoms with Crippen LogP contribution in [0.5, 0.6) is 0 Å². The van der Waals surface area contributed by atoms with Gasteiger partial charge in [-0.05, 0) is 43.5 Å². The van der Waals surface area contributed by atoms with Gasteiger partial charge in [0.1, 0.15) is 0 Å². The molecule has 0 spiro atoms. The van der Waals surface area contributed by atoms with E-state index in [0.717, 1.165) is 18.7 Å². The lowest BCUT2D eigenvalue weighted by atomic mass is 10.0. The molecule has 0 unspecified atom stereocenters. The third kappa shape index (κ3) is 3.99. The summed E-state index contributed by atoms with van der Waals surface area (Å²) in [6, 6.07) is 20.9. The second kappa shape index (κ2) is 7.42. The van der Waals surface area contributed by atoms with E-state index in [-0.39, 0.29) is 5.91 Å². The van der Waals surface area contributed by atoms with Crippen LogP contribution < -0.4 is 4.90 Å². The number of hydrogen-bond acceptors (Lipinski definition) is 2. The molecule has 0 saturated carbocycles. The normalized spacial score (nSPS) is 18.0. The van der Waals surface area contributed by atoms with Crippen molar-refractivity contribution in [2.45, 2.75) is 25.3 Å². The zero-order valence-electron chi connectivity index (χ0n) is 13.7. The molecule has 1 fully saturated rings. The quantitative estimate of drug-likeness (QED) is 0.845. The first-order valence-corrected chi connectivity index (χ1v) is 8.33. The van der Waals surface area contributed by atoms with Crippen LogP contribution in [0.15, 0.2) is 60.7 Å². The molecule has 2 aromatic carbocycles. The zero-order valence-corrected chi connectivity index (χ0v) is 13.7. The van der Waals surface area contributed by atoms with Gasteiger partial charge in [-0.1, -0.05) is 48.5 Å². The van der Waals surface area contributed by atoms with Crippen LogP contribution in [0.1, 0.15) is 18.4 Å². The summed E-state index contributed by atoms with van der Waals surface area (Å²) in [7, 11) is 1.86. The first kappa shape index (κ1) is 15.8. The molecule has 3 nitrogen and oxygen atoms in total. The average Bonchev–Trinajstić information content (AvgIpc) is 3.02. The molecular weight excluding hydrogens is 284 g/mol. The van der Waals surface area contributed by atoms with Crippen LogP contribution in [-0.2, 0) is 11.2 Å². The molecule has 0 bridgehead atoms. The van der Waals surface area contributed by atoms with Gasteiger partial charge in [0.2, 0.25) is 5.91 Å². The van der Waals surface area contributed by atoms with Crippen LogP contribution >= 0.6 is 0 Å². The Morgan fingerprint density at radius 1 is 1.09 bits per heavy atom. The molecule has 1 amide bonds. The minimum atomic E-state index is 0.163. The predicted octanol–water partition coefficient (Wildman–Crippen LogP) is 3.36. The minimum Gasteiger partial charge on any atom is -0.314 e. The van der Waals surface area contributed by atoms with E-state index < -0.39 is 0 Å². The predicted molar refractivity (Wildman–Crippen MR) is 94.6 cm³/mol. The van der Waals surface area contributed by atoms with Crippen LogP contribution in [-0.4, -0.2) is 37.0 Å². The van der Waals surface area contributed by atoms with Crippen molar-refractivity contribution < 1.29 is 4.79 Å². The van der Waals surface area contributed by atoms with Crippen LogP contribution in [0.25, 0.3) is 0 Å². The molecule has 0 radical (unpaired) electrons. The smallest absolute Gasteiger partial charge is 0.240 e. The summed E-state index contributed by atoms with van der Waals surface area (Å²) in [6.07, 6.45) is 3.39.